The smallest absolute Gasteiger partial charge is 0.338 e. The lowest BCUT2D eigenvalue weighted by atomic mass is 10.3. The van der Waals surface area contributed by atoms with Crippen molar-refractivity contribution < 1.29 is 9.53 Å². The minimum Gasteiger partial charge on any atom is -0.457 e. The molecular weight excluding hydrogens is 115 g/mol. The van der Waals surface area contributed by atoms with Crippen molar-refractivity contribution in [3.8, 4) is 0 Å². The van der Waals surface area contributed by atoms with E-state index in [0.717, 1.165) is 0 Å². The first-order valence-electron chi connectivity index (χ1n) is 1.81. The van der Waals surface area contributed by atoms with Crippen LogP contribution in [0.25, 0.3) is 0 Å². The minimum atomic E-state index is -0.296. The lowest BCUT2D eigenvalue weighted by Gasteiger charge is -2.13. The maximum atomic E-state index is 10.1. The molecule has 1 heterocycles. The normalized spacial score (nSPS) is 24.1. The molecule has 1 saturated heterocycles. The Morgan fingerprint density at radius 2 is 2.57 bits per heavy atom. The lowest BCUT2D eigenvalue weighted by Crippen LogP contribution is -2.23. The van der Waals surface area contributed by atoms with Crippen LogP contribution in [0.4, 0.5) is 0 Å². The van der Waals surface area contributed by atoms with Crippen LogP contribution in [-0.4, -0.2) is 12.6 Å². The highest BCUT2D eigenvalue weighted by molar-refractivity contribution is 6.27. The van der Waals surface area contributed by atoms with Crippen LogP contribution >= 0.6 is 11.6 Å². The van der Waals surface area contributed by atoms with Crippen LogP contribution in [0, 0.1) is 0 Å². The third-order valence-electron chi connectivity index (χ3n) is 0.753. The zero-order valence-electron chi connectivity index (χ0n) is 3.48. The molecule has 0 unspecified atom stereocenters. The van der Waals surface area contributed by atoms with Crippen LogP contribution in [0.3, 0.4) is 0 Å². The van der Waals surface area contributed by atoms with Gasteiger partial charge in [-0.3, -0.25) is 0 Å². The van der Waals surface area contributed by atoms with Gasteiger partial charge in [-0.15, -0.1) is 0 Å². The third kappa shape index (κ3) is 0.611. The number of ether oxygens (including phenoxy) is 1. The molecule has 2 nitrogen and oxygen atoms in total. The molecule has 0 N–H and O–H groups in total. The van der Waals surface area contributed by atoms with Gasteiger partial charge in [-0.25, -0.2) is 4.79 Å². The number of rotatable bonds is 0. The fourth-order valence-electron chi connectivity index (χ4n) is 0.290. The van der Waals surface area contributed by atoms with Crippen molar-refractivity contribution >= 4 is 17.6 Å². The highest BCUT2D eigenvalue weighted by Gasteiger charge is 2.20. The van der Waals surface area contributed by atoms with Gasteiger partial charge in [0.25, 0.3) is 0 Å². The summed E-state index contributed by atoms with van der Waals surface area (Å²) in [6, 6.07) is 0. The van der Waals surface area contributed by atoms with Crippen LogP contribution in [0.2, 0.25) is 0 Å². The van der Waals surface area contributed by atoms with E-state index in [9.17, 15) is 4.79 Å². The molecule has 0 atom stereocenters. The monoisotopic (exact) mass is 118 g/mol. The number of hydrogen-bond donors (Lipinski definition) is 0. The van der Waals surface area contributed by atoms with Crippen molar-refractivity contribution in [3.05, 3.63) is 11.1 Å². The van der Waals surface area contributed by atoms with Crippen LogP contribution in [-0.2, 0) is 9.53 Å². The van der Waals surface area contributed by atoms with Crippen molar-refractivity contribution in [1.82, 2.24) is 0 Å². The maximum Gasteiger partial charge on any atom is 0.338 e. The number of carbonyl (C=O) groups is 1. The summed E-state index contributed by atoms with van der Waals surface area (Å²) in [5.74, 6) is -0.296. The number of cyclic esters (lactones) is 1. The number of carbonyl (C=O) groups excluding carboxylic acids is 1. The maximum absolute atomic E-state index is 10.1. The van der Waals surface area contributed by atoms with Gasteiger partial charge in [0.15, 0.2) is 0 Å². The zero-order valence-corrected chi connectivity index (χ0v) is 4.23. The molecule has 0 radical (unpaired) electrons. The summed E-state index contributed by atoms with van der Waals surface area (Å²) in [5.41, 5.74) is 1.80. The summed E-state index contributed by atoms with van der Waals surface area (Å²) in [5, 5.41) is 0. The second-order valence-electron chi connectivity index (χ2n) is 1.21. The molecule has 0 aliphatic carbocycles. The van der Waals surface area contributed by atoms with Crippen LogP contribution < -0.4 is 0 Å². The molecule has 0 aromatic heterocycles. The summed E-state index contributed by atoms with van der Waals surface area (Å²) in [7, 11) is 0. The molecule has 38 valence electrons. The van der Waals surface area contributed by atoms with E-state index in [1.807, 2.05) is 0 Å². The standard InChI is InChI=1S/C4H3ClO2/c5-1-3-2-7-4(3)6/h1H,2H2. The number of esters is 1. The van der Waals surface area contributed by atoms with E-state index in [1.165, 1.54) is 5.54 Å². The molecule has 1 fully saturated rings. The summed E-state index contributed by atoms with van der Waals surface area (Å²) in [4.78, 5) is 10.1. The van der Waals surface area contributed by atoms with Gasteiger partial charge in [-0.1, -0.05) is 11.6 Å². The number of hydrogen-bond acceptors (Lipinski definition) is 2. The van der Waals surface area contributed by atoms with Gasteiger partial charge in [0.1, 0.15) is 6.61 Å². The molecule has 1 aliphatic rings. The Hall–Kier alpha value is -0.500. The molecular formula is C4H3ClO2. The van der Waals surface area contributed by atoms with Crippen LogP contribution in [0.1, 0.15) is 0 Å². The van der Waals surface area contributed by atoms with Crippen molar-refractivity contribution in [2.24, 2.45) is 0 Å². The van der Waals surface area contributed by atoms with Crippen LogP contribution in [0.15, 0.2) is 11.1 Å². The van der Waals surface area contributed by atoms with Crippen molar-refractivity contribution in [1.29, 1.82) is 0 Å². The largest absolute Gasteiger partial charge is 0.457 e. The first-order valence-corrected chi connectivity index (χ1v) is 2.24. The summed E-state index contributed by atoms with van der Waals surface area (Å²) < 4.78 is 4.34. The quantitative estimate of drug-likeness (QED) is 0.345. The second-order valence-corrected chi connectivity index (χ2v) is 1.43. The minimum absolute atomic E-state index is 0.296. The Morgan fingerprint density at radius 3 is 2.57 bits per heavy atom. The topological polar surface area (TPSA) is 26.3 Å². The van der Waals surface area contributed by atoms with Gasteiger partial charge < -0.3 is 4.74 Å². The average Bonchev–Trinajstić information content (AvgIpc) is 1.65. The van der Waals surface area contributed by atoms with E-state index in [-0.39, 0.29) is 5.97 Å². The first-order chi connectivity index (χ1) is 3.34. The summed E-state index contributed by atoms with van der Waals surface area (Å²) in [6.07, 6.45) is 0. The SMILES string of the molecule is O=C1OCC1=CCl. The molecule has 1 aliphatic heterocycles. The predicted molar refractivity (Wildman–Crippen MR) is 24.9 cm³/mol. The average molecular weight is 119 g/mol. The van der Waals surface area contributed by atoms with Gasteiger partial charge >= 0.3 is 5.97 Å². The Morgan fingerprint density at radius 1 is 1.86 bits per heavy atom. The molecule has 1 rings (SSSR count). The molecule has 0 aromatic carbocycles. The molecule has 0 saturated carbocycles. The molecule has 3 heteroatoms. The highest BCUT2D eigenvalue weighted by atomic mass is 35.5. The molecule has 0 bridgehead atoms. The fourth-order valence-corrected chi connectivity index (χ4v) is 0.443. The van der Waals surface area contributed by atoms with Gasteiger partial charge in [0.05, 0.1) is 5.57 Å². The highest BCUT2D eigenvalue weighted by Crippen LogP contribution is 2.10. The number of halogens is 1. The van der Waals surface area contributed by atoms with Crippen molar-refractivity contribution in [2.45, 2.75) is 0 Å². The third-order valence-corrected chi connectivity index (χ3v) is 1.02. The fraction of sp³-hybridized carbons (Fsp3) is 0.250. The van der Waals surface area contributed by atoms with Crippen molar-refractivity contribution in [3.63, 3.8) is 0 Å². The van der Waals surface area contributed by atoms with Gasteiger partial charge in [0.2, 0.25) is 0 Å². The van der Waals surface area contributed by atoms with E-state index < -0.39 is 0 Å². The van der Waals surface area contributed by atoms with Crippen LogP contribution in [0.5, 0.6) is 0 Å². The molecule has 7 heavy (non-hydrogen) atoms. The van der Waals surface area contributed by atoms with E-state index in [0.29, 0.717) is 12.2 Å². The van der Waals surface area contributed by atoms with Gasteiger partial charge in [-0.05, 0) is 0 Å². The Labute approximate surface area is 45.7 Å². The van der Waals surface area contributed by atoms with E-state index in [2.05, 4.69) is 4.74 Å². The summed E-state index contributed by atoms with van der Waals surface area (Å²) >= 11 is 5.14. The van der Waals surface area contributed by atoms with Crippen molar-refractivity contribution in [2.75, 3.05) is 6.61 Å². The predicted octanol–water partition coefficient (Wildman–Crippen LogP) is 0.666. The van der Waals surface area contributed by atoms with E-state index >= 15 is 0 Å². The van der Waals surface area contributed by atoms with E-state index in [4.69, 9.17) is 11.6 Å². The Balaban J connectivity index is 2.61. The Bertz CT molecular complexity index is 128. The Kier molecular flexibility index (Phi) is 1.02. The van der Waals surface area contributed by atoms with Gasteiger partial charge in [-0.2, -0.15) is 0 Å². The zero-order chi connectivity index (χ0) is 5.28. The van der Waals surface area contributed by atoms with E-state index in [1.54, 1.807) is 0 Å². The second kappa shape index (κ2) is 1.54. The first kappa shape index (κ1) is 4.65. The summed E-state index contributed by atoms with van der Waals surface area (Å²) in [6.45, 7) is 0.377. The molecule has 0 amide bonds. The molecule has 0 spiro atoms. The lowest BCUT2D eigenvalue weighted by molar-refractivity contribution is -0.147. The van der Waals surface area contributed by atoms with Gasteiger partial charge in [0, 0.05) is 5.54 Å². The molecule has 0 aromatic rings.